The molecule has 1 rings (SSSR count). The standard InChI is InChI=1S/C17H36N2O/c1-6-9-17(4,13-18-11-15(2)3)14-19-10-7-8-16(12-19)20-5/h15-16,18H,6-14H2,1-5H3. The van der Waals surface area contributed by atoms with Gasteiger partial charge in [0.25, 0.3) is 0 Å². The molecule has 1 fully saturated rings. The Morgan fingerprint density at radius 2 is 2.15 bits per heavy atom. The predicted octanol–water partition coefficient (Wildman–Crippen LogP) is 3.15. The monoisotopic (exact) mass is 284 g/mol. The van der Waals surface area contributed by atoms with Crippen LogP contribution in [0.2, 0.25) is 0 Å². The van der Waals surface area contributed by atoms with Gasteiger partial charge in [-0.3, -0.25) is 0 Å². The molecule has 1 heterocycles. The van der Waals surface area contributed by atoms with Crippen LogP contribution < -0.4 is 5.32 Å². The van der Waals surface area contributed by atoms with E-state index in [-0.39, 0.29) is 0 Å². The van der Waals surface area contributed by atoms with Gasteiger partial charge in [-0.25, -0.2) is 0 Å². The van der Waals surface area contributed by atoms with Crippen molar-refractivity contribution in [3.05, 3.63) is 0 Å². The van der Waals surface area contributed by atoms with Crippen LogP contribution in [0.1, 0.15) is 53.4 Å². The van der Waals surface area contributed by atoms with E-state index in [9.17, 15) is 0 Å². The first kappa shape index (κ1) is 17.9. The van der Waals surface area contributed by atoms with Crippen molar-refractivity contribution < 1.29 is 4.74 Å². The maximum Gasteiger partial charge on any atom is 0.0698 e. The molecule has 3 nitrogen and oxygen atoms in total. The Hall–Kier alpha value is -0.120. The van der Waals surface area contributed by atoms with Crippen molar-refractivity contribution in [3.8, 4) is 0 Å². The highest BCUT2D eigenvalue weighted by molar-refractivity contribution is 4.84. The Kier molecular flexibility index (Phi) is 8.08. The summed E-state index contributed by atoms with van der Waals surface area (Å²) in [5.41, 5.74) is 0.388. The van der Waals surface area contributed by atoms with E-state index < -0.39 is 0 Å². The molecule has 3 heteroatoms. The Labute approximate surface area is 126 Å². The molecule has 0 bridgehead atoms. The fraction of sp³-hybridized carbons (Fsp3) is 1.00. The van der Waals surface area contributed by atoms with Crippen LogP contribution in [0.25, 0.3) is 0 Å². The summed E-state index contributed by atoms with van der Waals surface area (Å²) >= 11 is 0. The largest absolute Gasteiger partial charge is 0.380 e. The SMILES string of the molecule is CCCC(C)(CNCC(C)C)CN1CCCC(OC)C1. The first-order valence-corrected chi connectivity index (χ1v) is 8.45. The molecule has 0 aliphatic carbocycles. The lowest BCUT2D eigenvalue weighted by molar-refractivity contribution is 0.0148. The highest BCUT2D eigenvalue weighted by Crippen LogP contribution is 2.26. The summed E-state index contributed by atoms with van der Waals surface area (Å²) in [6, 6.07) is 0. The van der Waals surface area contributed by atoms with Gasteiger partial charge in [0.2, 0.25) is 0 Å². The van der Waals surface area contributed by atoms with E-state index in [0.717, 1.165) is 25.6 Å². The molecule has 0 aromatic carbocycles. The normalized spacial score (nSPS) is 24.0. The molecule has 2 atom stereocenters. The molecule has 0 radical (unpaired) electrons. The number of ether oxygens (including phenoxy) is 1. The molecule has 0 aromatic rings. The average Bonchev–Trinajstić information content (AvgIpc) is 2.38. The van der Waals surface area contributed by atoms with E-state index in [4.69, 9.17) is 4.74 Å². The van der Waals surface area contributed by atoms with Crippen LogP contribution in [-0.4, -0.2) is 50.8 Å². The van der Waals surface area contributed by atoms with Crippen LogP contribution in [-0.2, 0) is 4.74 Å². The Morgan fingerprint density at radius 3 is 2.75 bits per heavy atom. The molecule has 20 heavy (non-hydrogen) atoms. The molecular formula is C17H36N2O. The Morgan fingerprint density at radius 1 is 1.40 bits per heavy atom. The number of nitrogens with zero attached hydrogens (tertiary/aromatic N) is 1. The van der Waals surface area contributed by atoms with Gasteiger partial charge in [0.15, 0.2) is 0 Å². The second-order valence-electron chi connectivity index (χ2n) is 7.32. The Balaban J connectivity index is 2.47. The summed E-state index contributed by atoms with van der Waals surface area (Å²) in [7, 11) is 1.85. The molecule has 1 saturated heterocycles. The number of hydrogen-bond acceptors (Lipinski definition) is 3. The summed E-state index contributed by atoms with van der Waals surface area (Å²) in [4.78, 5) is 2.62. The van der Waals surface area contributed by atoms with E-state index in [1.807, 2.05) is 7.11 Å². The molecule has 0 spiro atoms. The third-order valence-electron chi connectivity index (χ3n) is 4.36. The van der Waals surface area contributed by atoms with Crippen molar-refractivity contribution in [2.75, 3.05) is 39.8 Å². The van der Waals surface area contributed by atoms with Crippen LogP contribution in [0.3, 0.4) is 0 Å². The van der Waals surface area contributed by atoms with Crippen LogP contribution in [0.4, 0.5) is 0 Å². The van der Waals surface area contributed by atoms with Crippen LogP contribution in [0, 0.1) is 11.3 Å². The second kappa shape index (κ2) is 9.01. The quantitative estimate of drug-likeness (QED) is 0.704. The van der Waals surface area contributed by atoms with Crippen molar-refractivity contribution in [1.82, 2.24) is 10.2 Å². The lowest BCUT2D eigenvalue weighted by atomic mass is 9.84. The number of methoxy groups -OCH3 is 1. The number of piperidine rings is 1. The zero-order valence-corrected chi connectivity index (χ0v) is 14.4. The highest BCUT2D eigenvalue weighted by Gasteiger charge is 2.29. The van der Waals surface area contributed by atoms with E-state index >= 15 is 0 Å². The van der Waals surface area contributed by atoms with Crippen molar-refractivity contribution in [1.29, 1.82) is 0 Å². The van der Waals surface area contributed by atoms with E-state index in [2.05, 4.69) is 37.9 Å². The van der Waals surface area contributed by atoms with Crippen LogP contribution >= 0.6 is 0 Å². The number of hydrogen-bond donors (Lipinski definition) is 1. The van der Waals surface area contributed by atoms with Gasteiger partial charge in [-0.15, -0.1) is 0 Å². The van der Waals surface area contributed by atoms with Gasteiger partial charge in [0.05, 0.1) is 6.10 Å². The first-order valence-electron chi connectivity index (χ1n) is 8.45. The lowest BCUT2D eigenvalue weighted by Gasteiger charge is -2.39. The smallest absolute Gasteiger partial charge is 0.0698 e. The molecule has 120 valence electrons. The van der Waals surface area contributed by atoms with Crippen LogP contribution in [0.5, 0.6) is 0 Å². The molecule has 1 aliphatic heterocycles. The summed E-state index contributed by atoms with van der Waals surface area (Å²) in [5.74, 6) is 0.730. The van der Waals surface area contributed by atoms with Gasteiger partial charge in [-0.2, -0.15) is 0 Å². The molecule has 0 saturated carbocycles. The summed E-state index contributed by atoms with van der Waals surface area (Å²) in [5, 5.41) is 3.67. The zero-order chi connectivity index (χ0) is 15.0. The fourth-order valence-corrected chi connectivity index (χ4v) is 3.38. The van der Waals surface area contributed by atoms with Crippen molar-refractivity contribution in [3.63, 3.8) is 0 Å². The number of nitrogens with one attached hydrogen (secondary N) is 1. The van der Waals surface area contributed by atoms with Gasteiger partial charge in [-0.05, 0) is 43.7 Å². The molecule has 2 unspecified atom stereocenters. The first-order chi connectivity index (χ1) is 9.49. The third-order valence-corrected chi connectivity index (χ3v) is 4.36. The van der Waals surface area contributed by atoms with Gasteiger partial charge in [-0.1, -0.05) is 34.1 Å². The minimum Gasteiger partial charge on any atom is -0.380 e. The van der Waals surface area contributed by atoms with Crippen molar-refractivity contribution >= 4 is 0 Å². The molecular weight excluding hydrogens is 248 g/mol. The van der Waals surface area contributed by atoms with Crippen LogP contribution in [0.15, 0.2) is 0 Å². The summed E-state index contributed by atoms with van der Waals surface area (Å²) in [6.07, 6.45) is 5.51. The summed E-state index contributed by atoms with van der Waals surface area (Å²) in [6.45, 7) is 15.1. The zero-order valence-electron chi connectivity index (χ0n) is 14.4. The molecule has 0 aromatic heterocycles. The van der Waals surface area contributed by atoms with Gasteiger partial charge >= 0.3 is 0 Å². The van der Waals surface area contributed by atoms with Crippen molar-refractivity contribution in [2.45, 2.75) is 59.5 Å². The number of rotatable bonds is 9. The average molecular weight is 284 g/mol. The Bertz CT molecular complexity index is 257. The van der Waals surface area contributed by atoms with Gasteiger partial charge in [0.1, 0.15) is 0 Å². The van der Waals surface area contributed by atoms with E-state index in [0.29, 0.717) is 11.5 Å². The maximum absolute atomic E-state index is 5.55. The highest BCUT2D eigenvalue weighted by atomic mass is 16.5. The van der Waals surface area contributed by atoms with Crippen molar-refractivity contribution in [2.24, 2.45) is 11.3 Å². The third kappa shape index (κ3) is 6.55. The maximum atomic E-state index is 5.55. The lowest BCUT2D eigenvalue weighted by Crippen LogP contribution is -2.47. The minimum atomic E-state index is 0.388. The second-order valence-corrected chi connectivity index (χ2v) is 7.32. The molecule has 1 N–H and O–H groups in total. The van der Waals surface area contributed by atoms with Gasteiger partial charge < -0.3 is 15.0 Å². The number of likely N-dealkylation sites (tertiary alicyclic amines) is 1. The predicted molar refractivity (Wildman–Crippen MR) is 87.2 cm³/mol. The molecule has 0 amide bonds. The van der Waals surface area contributed by atoms with E-state index in [1.54, 1.807) is 0 Å². The summed E-state index contributed by atoms with van der Waals surface area (Å²) < 4.78 is 5.55. The minimum absolute atomic E-state index is 0.388. The fourth-order valence-electron chi connectivity index (χ4n) is 3.38. The topological polar surface area (TPSA) is 24.5 Å². The van der Waals surface area contributed by atoms with E-state index in [1.165, 1.54) is 38.8 Å². The van der Waals surface area contributed by atoms with Gasteiger partial charge in [0, 0.05) is 26.7 Å². The molecule has 1 aliphatic rings.